The highest BCUT2D eigenvalue weighted by Gasteiger charge is 2.31. The van der Waals surface area contributed by atoms with Crippen molar-refractivity contribution in [1.29, 1.82) is 0 Å². The quantitative estimate of drug-likeness (QED) is 0.680. The van der Waals surface area contributed by atoms with Crippen LogP contribution < -0.4 is 5.32 Å². The van der Waals surface area contributed by atoms with Gasteiger partial charge in [-0.1, -0.05) is 6.07 Å². The van der Waals surface area contributed by atoms with Crippen LogP contribution in [-0.4, -0.2) is 42.4 Å². The molecule has 1 N–H and O–H groups in total. The zero-order valence-electron chi connectivity index (χ0n) is 10.6. The van der Waals surface area contributed by atoms with Crippen molar-refractivity contribution in [3.63, 3.8) is 0 Å². The Morgan fingerprint density at radius 3 is 2.50 bits per heavy atom. The second-order valence-electron chi connectivity index (χ2n) is 4.53. The molecule has 0 unspecified atom stereocenters. The molecule has 1 fully saturated rings. The van der Waals surface area contributed by atoms with Gasteiger partial charge in [0.1, 0.15) is 0 Å². The van der Waals surface area contributed by atoms with E-state index in [-0.39, 0.29) is 5.56 Å². The molecule has 1 saturated heterocycles. The molecule has 1 heterocycles. The first kappa shape index (κ1) is 14.7. The average molecular weight is 289 g/mol. The monoisotopic (exact) mass is 289 g/mol. The van der Waals surface area contributed by atoms with Crippen LogP contribution in [0.4, 0.5) is 18.9 Å². The fraction of sp³-hybridized carbons (Fsp3) is 0.500. The van der Waals surface area contributed by atoms with E-state index in [1.54, 1.807) is 4.90 Å². The topological polar surface area (TPSA) is 58.4 Å². The minimum absolute atomic E-state index is 0.0648. The van der Waals surface area contributed by atoms with Gasteiger partial charge < -0.3 is 5.32 Å². The van der Waals surface area contributed by atoms with Crippen molar-refractivity contribution in [3.05, 3.63) is 39.7 Å². The van der Waals surface area contributed by atoms with Crippen molar-refractivity contribution in [1.82, 2.24) is 10.2 Å². The van der Waals surface area contributed by atoms with Crippen LogP contribution >= 0.6 is 0 Å². The Bertz CT molecular complexity index is 493. The van der Waals surface area contributed by atoms with Crippen LogP contribution in [0.5, 0.6) is 0 Å². The van der Waals surface area contributed by atoms with Gasteiger partial charge in [-0.25, -0.2) is 8.78 Å². The van der Waals surface area contributed by atoms with Crippen LogP contribution in [0.15, 0.2) is 18.2 Å². The molecule has 20 heavy (non-hydrogen) atoms. The van der Waals surface area contributed by atoms with Gasteiger partial charge in [0.2, 0.25) is 5.82 Å². The van der Waals surface area contributed by atoms with Gasteiger partial charge in [-0.2, -0.15) is 4.39 Å². The summed E-state index contributed by atoms with van der Waals surface area (Å²) in [5.74, 6) is -1.02. The fourth-order valence-electron chi connectivity index (χ4n) is 2.33. The summed E-state index contributed by atoms with van der Waals surface area (Å²) in [6.07, 6.45) is -2.70. The number of benzene rings is 1. The molecule has 0 radical (unpaired) electrons. The number of nitro groups is 1. The normalized spacial score (nSPS) is 18.2. The molecule has 5 nitrogen and oxygen atoms in total. The minimum Gasteiger partial charge on any atom is -0.314 e. The summed E-state index contributed by atoms with van der Waals surface area (Å²) in [6, 6.07) is 1.69. The van der Waals surface area contributed by atoms with Crippen molar-refractivity contribution in [2.75, 3.05) is 26.2 Å². The van der Waals surface area contributed by atoms with E-state index >= 15 is 0 Å². The van der Waals surface area contributed by atoms with E-state index < -0.39 is 28.9 Å². The summed E-state index contributed by atoms with van der Waals surface area (Å²) in [4.78, 5) is 11.3. The molecular formula is C12H14F3N3O2. The molecule has 0 spiro atoms. The predicted octanol–water partition coefficient (Wildman–Crippen LogP) is 1.95. The minimum atomic E-state index is -2.70. The SMILES string of the molecule is O=[N+]([O-])c1cc([C@@H](C(F)F)N2CCNCC2)ccc1F. The number of halogens is 3. The number of alkyl halides is 2. The lowest BCUT2D eigenvalue weighted by molar-refractivity contribution is -0.387. The molecule has 2 rings (SSSR count). The smallest absolute Gasteiger partial charge is 0.305 e. The van der Waals surface area contributed by atoms with E-state index in [4.69, 9.17) is 0 Å². The molecule has 1 atom stereocenters. The summed E-state index contributed by atoms with van der Waals surface area (Å²) in [6.45, 7) is 1.99. The Hall–Kier alpha value is -1.67. The molecular weight excluding hydrogens is 275 g/mol. The van der Waals surface area contributed by atoms with E-state index in [2.05, 4.69) is 5.32 Å². The zero-order chi connectivity index (χ0) is 14.7. The number of nitro benzene ring substituents is 1. The van der Waals surface area contributed by atoms with Crippen LogP contribution in [0.1, 0.15) is 11.6 Å². The summed E-state index contributed by atoms with van der Waals surface area (Å²) in [5.41, 5.74) is -0.710. The zero-order valence-corrected chi connectivity index (χ0v) is 10.6. The maximum atomic E-state index is 13.3. The predicted molar refractivity (Wildman–Crippen MR) is 66.2 cm³/mol. The largest absolute Gasteiger partial charge is 0.314 e. The van der Waals surface area contributed by atoms with Gasteiger partial charge in [0.15, 0.2) is 0 Å². The van der Waals surface area contributed by atoms with Crippen molar-refractivity contribution >= 4 is 5.69 Å². The number of hydrogen-bond donors (Lipinski definition) is 1. The number of rotatable bonds is 4. The summed E-state index contributed by atoms with van der Waals surface area (Å²) < 4.78 is 39.8. The van der Waals surface area contributed by atoms with Gasteiger partial charge >= 0.3 is 5.69 Å². The van der Waals surface area contributed by atoms with Gasteiger partial charge in [0, 0.05) is 32.2 Å². The number of nitrogens with one attached hydrogen (secondary N) is 1. The second-order valence-corrected chi connectivity index (χ2v) is 4.53. The first-order chi connectivity index (χ1) is 9.50. The van der Waals surface area contributed by atoms with E-state index in [1.165, 1.54) is 6.07 Å². The molecule has 0 aliphatic carbocycles. The third-order valence-corrected chi connectivity index (χ3v) is 3.29. The van der Waals surface area contributed by atoms with Crippen molar-refractivity contribution in [3.8, 4) is 0 Å². The first-order valence-electron chi connectivity index (χ1n) is 6.17. The highest BCUT2D eigenvalue weighted by Crippen LogP contribution is 2.31. The van der Waals surface area contributed by atoms with Crippen LogP contribution in [-0.2, 0) is 0 Å². The van der Waals surface area contributed by atoms with Crippen LogP contribution in [0.2, 0.25) is 0 Å². The van der Waals surface area contributed by atoms with Gasteiger partial charge in [-0.05, 0) is 11.6 Å². The lowest BCUT2D eigenvalue weighted by atomic mass is 10.0. The molecule has 1 aromatic rings. The second kappa shape index (κ2) is 6.19. The Balaban J connectivity index is 2.33. The fourth-order valence-corrected chi connectivity index (χ4v) is 2.33. The van der Waals surface area contributed by atoms with E-state index in [1.807, 2.05) is 0 Å². The summed E-state index contributed by atoms with van der Waals surface area (Å²) >= 11 is 0. The molecule has 0 bridgehead atoms. The van der Waals surface area contributed by atoms with Crippen LogP contribution in [0.25, 0.3) is 0 Å². The number of hydrogen-bond acceptors (Lipinski definition) is 4. The Morgan fingerprint density at radius 2 is 1.95 bits per heavy atom. The Labute approximate surface area is 113 Å². The van der Waals surface area contributed by atoms with Gasteiger partial charge in [-0.3, -0.25) is 15.0 Å². The Morgan fingerprint density at radius 1 is 1.30 bits per heavy atom. The molecule has 1 aromatic carbocycles. The van der Waals surface area contributed by atoms with Crippen molar-refractivity contribution in [2.24, 2.45) is 0 Å². The van der Waals surface area contributed by atoms with Crippen LogP contribution in [0, 0.1) is 15.9 Å². The highest BCUT2D eigenvalue weighted by molar-refractivity contribution is 5.37. The molecule has 110 valence electrons. The standard InChI is InChI=1S/C12H14F3N3O2/c13-9-2-1-8(7-10(9)18(19)20)11(12(14)15)17-5-3-16-4-6-17/h1-2,7,11-12,16H,3-6H2/t11-/m0/s1. The molecule has 0 saturated carbocycles. The van der Waals surface area contributed by atoms with Crippen LogP contribution in [0.3, 0.4) is 0 Å². The van der Waals surface area contributed by atoms with E-state index in [0.717, 1.165) is 12.1 Å². The van der Waals surface area contributed by atoms with Crippen molar-refractivity contribution in [2.45, 2.75) is 12.5 Å². The molecule has 0 aromatic heterocycles. The number of nitrogens with zero attached hydrogens (tertiary/aromatic N) is 2. The summed E-state index contributed by atoms with van der Waals surface area (Å²) in [7, 11) is 0. The molecule has 0 amide bonds. The first-order valence-corrected chi connectivity index (χ1v) is 6.17. The Kier molecular flexibility index (Phi) is 4.56. The molecule has 1 aliphatic rings. The third-order valence-electron chi connectivity index (χ3n) is 3.29. The van der Waals surface area contributed by atoms with Gasteiger partial charge in [-0.15, -0.1) is 0 Å². The third kappa shape index (κ3) is 3.07. The molecule has 8 heteroatoms. The summed E-state index contributed by atoms with van der Waals surface area (Å²) in [5, 5.41) is 13.7. The highest BCUT2D eigenvalue weighted by atomic mass is 19.3. The molecule has 1 aliphatic heterocycles. The van der Waals surface area contributed by atoms with Gasteiger partial charge in [0.25, 0.3) is 6.43 Å². The van der Waals surface area contributed by atoms with E-state index in [9.17, 15) is 23.3 Å². The number of piperazine rings is 1. The lowest BCUT2D eigenvalue weighted by Crippen LogP contribution is -2.46. The maximum absolute atomic E-state index is 13.3. The van der Waals surface area contributed by atoms with Crippen molar-refractivity contribution < 1.29 is 18.1 Å². The average Bonchev–Trinajstić information content (AvgIpc) is 2.41. The van der Waals surface area contributed by atoms with E-state index in [0.29, 0.717) is 26.2 Å². The lowest BCUT2D eigenvalue weighted by Gasteiger charge is -2.34. The maximum Gasteiger partial charge on any atom is 0.305 e. The van der Waals surface area contributed by atoms with Gasteiger partial charge in [0.05, 0.1) is 11.0 Å².